The Kier molecular flexibility index (Phi) is 5.28. The molecule has 0 saturated carbocycles. The van der Waals surface area contributed by atoms with Crippen LogP contribution in [0.4, 0.5) is 0 Å². The third-order valence-corrected chi connectivity index (χ3v) is 4.11. The van der Waals surface area contributed by atoms with Gasteiger partial charge in [-0.1, -0.05) is 6.92 Å². The number of nitrogens with one attached hydrogen (secondary N) is 2. The number of rotatable bonds is 6. The number of aryl methyl sites for hydroxylation is 1. The first-order chi connectivity index (χ1) is 8.37. The molecule has 0 radical (unpaired) electrons. The Balaban J connectivity index is 2.63. The number of aromatic nitrogens is 1. The predicted octanol–water partition coefficient (Wildman–Crippen LogP) is 2.19. The fourth-order valence-corrected chi connectivity index (χ4v) is 2.62. The molecule has 0 spiro atoms. The number of carbonyl (C=O) groups is 1. The van der Waals surface area contributed by atoms with E-state index in [1.807, 2.05) is 26.2 Å². The maximum absolute atomic E-state index is 11.7. The van der Waals surface area contributed by atoms with E-state index < -0.39 is 0 Å². The predicted molar refractivity (Wildman–Crippen MR) is 75.8 cm³/mol. The molecule has 1 rings (SSSR count). The summed E-state index contributed by atoms with van der Waals surface area (Å²) in [5.74, 6) is 0.0259. The lowest BCUT2D eigenvalue weighted by Gasteiger charge is -2.27. The minimum absolute atomic E-state index is 0.0259. The van der Waals surface area contributed by atoms with Crippen LogP contribution in [0.5, 0.6) is 0 Å². The van der Waals surface area contributed by atoms with Crippen molar-refractivity contribution in [2.24, 2.45) is 0 Å². The maximum atomic E-state index is 11.7. The lowest BCUT2D eigenvalue weighted by atomic mass is 10.00. The van der Waals surface area contributed by atoms with Crippen molar-refractivity contribution in [3.63, 3.8) is 0 Å². The Bertz CT molecular complexity index is 403. The normalized spacial score (nSPS) is 14.6. The fourth-order valence-electron chi connectivity index (χ4n) is 1.61. The zero-order valence-corrected chi connectivity index (χ0v) is 12.6. The second-order valence-corrected chi connectivity index (χ2v) is 5.91. The molecule has 0 aliphatic rings. The van der Waals surface area contributed by atoms with Gasteiger partial charge in [-0.05, 0) is 34.1 Å². The molecular formula is C13H23N3OS. The van der Waals surface area contributed by atoms with Crippen molar-refractivity contribution in [3.8, 4) is 0 Å². The Hall–Kier alpha value is -0.940. The molecule has 0 fully saturated rings. The van der Waals surface area contributed by atoms with Crippen molar-refractivity contribution in [3.05, 3.63) is 16.1 Å². The average molecular weight is 269 g/mol. The number of hydrogen-bond acceptors (Lipinski definition) is 4. The molecule has 0 aliphatic heterocycles. The van der Waals surface area contributed by atoms with Gasteiger partial charge in [0, 0.05) is 17.1 Å². The van der Waals surface area contributed by atoms with E-state index in [-0.39, 0.29) is 17.5 Å². The van der Waals surface area contributed by atoms with Crippen LogP contribution in [0, 0.1) is 6.92 Å². The van der Waals surface area contributed by atoms with Gasteiger partial charge in [0.1, 0.15) is 5.01 Å². The van der Waals surface area contributed by atoms with Gasteiger partial charge in [0.15, 0.2) is 0 Å². The van der Waals surface area contributed by atoms with Crippen LogP contribution in [-0.4, -0.2) is 23.5 Å². The second-order valence-electron chi connectivity index (χ2n) is 5.06. The average Bonchev–Trinajstić information content (AvgIpc) is 2.72. The number of amides is 1. The third-order valence-electron chi connectivity index (χ3n) is 2.89. The largest absolute Gasteiger partial charge is 0.353 e. The molecule has 5 heteroatoms. The number of carbonyl (C=O) groups excluding carboxylic acids is 1. The smallest absolute Gasteiger partial charge is 0.234 e. The molecule has 1 amide bonds. The third kappa shape index (κ3) is 4.07. The minimum atomic E-state index is -0.229. The highest BCUT2D eigenvalue weighted by Crippen LogP contribution is 2.27. The summed E-state index contributed by atoms with van der Waals surface area (Å²) in [5.41, 5.74) is 0.802. The zero-order valence-electron chi connectivity index (χ0n) is 11.8. The summed E-state index contributed by atoms with van der Waals surface area (Å²) in [6.07, 6.45) is 0.898. The van der Waals surface area contributed by atoms with E-state index in [1.54, 1.807) is 11.3 Å². The van der Waals surface area contributed by atoms with E-state index in [0.717, 1.165) is 17.1 Å². The van der Waals surface area contributed by atoms with E-state index in [4.69, 9.17) is 0 Å². The minimum Gasteiger partial charge on any atom is -0.353 e. The molecule has 0 saturated heterocycles. The summed E-state index contributed by atoms with van der Waals surface area (Å²) in [6, 6.07) is 0.175. The molecule has 0 unspecified atom stereocenters. The van der Waals surface area contributed by atoms with Crippen LogP contribution in [-0.2, 0) is 10.3 Å². The van der Waals surface area contributed by atoms with Crippen molar-refractivity contribution in [2.45, 2.75) is 52.6 Å². The van der Waals surface area contributed by atoms with Crippen LogP contribution in [0.2, 0.25) is 0 Å². The first-order valence-corrected chi connectivity index (χ1v) is 7.22. The number of hydrogen-bond donors (Lipinski definition) is 2. The number of nitrogens with zero attached hydrogens (tertiary/aromatic N) is 1. The highest BCUT2D eigenvalue weighted by molar-refractivity contribution is 7.09. The molecule has 102 valence electrons. The lowest BCUT2D eigenvalue weighted by molar-refractivity contribution is -0.121. The molecule has 0 bridgehead atoms. The van der Waals surface area contributed by atoms with Gasteiger partial charge in [-0.15, -0.1) is 11.3 Å². The van der Waals surface area contributed by atoms with Gasteiger partial charge < -0.3 is 5.32 Å². The first-order valence-electron chi connectivity index (χ1n) is 6.34. The molecule has 4 nitrogen and oxygen atoms in total. The Morgan fingerprint density at radius 3 is 2.67 bits per heavy atom. The van der Waals surface area contributed by atoms with E-state index >= 15 is 0 Å². The molecule has 1 aromatic rings. The monoisotopic (exact) mass is 269 g/mol. The van der Waals surface area contributed by atoms with Crippen LogP contribution in [0.3, 0.4) is 0 Å². The SMILES string of the molecule is CC[C@](C)(NCC(=O)NC(C)C)c1nc(C)cs1. The summed E-state index contributed by atoms with van der Waals surface area (Å²) in [5, 5.41) is 9.28. The van der Waals surface area contributed by atoms with Crippen LogP contribution < -0.4 is 10.6 Å². The molecule has 1 aromatic heterocycles. The highest BCUT2D eigenvalue weighted by Gasteiger charge is 2.27. The van der Waals surface area contributed by atoms with Gasteiger partial charge in [0.05, 0.1) is 12.1 Å². The van der Waals surface area contributed by atoms with Gasteiger partial charge in [-0.25, -0.2) is 4.98 Å². The molecule has 18 heavy (non-hydrogen) atoms. The fraction of sp³-hybridized carbons (Fsp3) is 0.692. The Morgan fingerprint density at radius 1 is 1.56 bits per heavy atom. The maximum Gasteiger partial charge on any atom is 0.234 e. The van der Waals surface area contributed by atoms with Crippen molar-refractivity contribution < 1.29 is 4.79 Å². The van der Waals surface area contributed by atoms with Gasteiger partial charge in [0.2, 0.25) is 5.91 Å². The number of thiazole rings is 1. The molecule has 0 aliphatic carbocycles. The lowest BCUT2D eigenvalue weighted by Crippen LogP contribution is -2.46. The molecular weight excluding hydrogens is 246 g/mol. The van der Waals surface area contributed by atoms with Crippen LogP contribution in [0.15, 0.2) is 5.38 Å². The Labute approximate surface area is 113 Å². The summed E-state index contributed by atoms with van der Waals surface area (Å²) < 4.78 is 0. The van der Waals surface area contributed by atoms with Gasteiger partial charge >= 0.3 is 0 Å². The van der Waals surface area contributed by atoms with Crippen molar-refractivity contribution in [1.82, 2.24) is 15.6 Å². The highest BCUT2D eigenvalue weighted by atomic mass is 32.1. The zero-order chi connectivity index (χ0) is 13.8. The molecule has 2 N–H and O–H groups in total. The molecule has 0 aromatic carbocycles. The van der Waals surface area contributed by atoms with E-state index in [2.05, 4.69) is 29.5 Å². The standard InChI is InChI=1S/C13H23N3OS/c1-6-13(5,12-16-10(4)8-18-12)14-7-11(17)15-9(2)3/h8-9,14H,6-7H2,1-5H3,(H,15,17)/t13-/m0/s1. The molecule has 1 heterocycles. The van der Waals surface area contributed by atoms with Crippen molar-refractivity contribution >= 4 is 17.2 Å². The Morgan fingerprint density at radius 2 is 2.22 bits per heavy atom. The van der Waals surface area contributed by atoms with Gasteiger partial charge in [-0.3, -0.25) is 10.1 Å². The van der Waals surface area contributed by atoms with E-state index in [1.165, 1.54) is 0 Å². The van der Waals surface area contributed by atoms with Crippen molar-refractivity contribution in [1.29, 1.82) is 0 Å². The summed E-state index contributed by atoms with van der Waals surface area (Å²) in [4.78, 5) is 16.2. The van der Waals surface area contributed by atoms with Crippen LogP contribution in [0.1, 0.15) is 44.8 Å². The first kappa shape index (κ1) is 15.1. The summed E-state index contributed by atoms with van der Waals surface area (Å²) in [7, 11) is 0. The van der Waals surface area contributed by atoms with E-state index in [9.17, 15) is 4.79 Å². The van der Waals surface area contributed by atoms with E-state index in [0.29, 0.717) is 6.54 Å². The molecule has 1 atom stereocenters. The summed E-state index contributed by atoms with van der Waals surface area (Å²) in [6.45, 7) is 10.4. The van der Waals surface area contributed by atoms with Crippen LogP contribution >= 0.6 is 11.3 Å². The van der Waals surface area contributed by atoms with Crippen molar-refractivity contribution in [2.75, 3.05) is 6.54 Å². The summed E-state index contributed by atoms with van der Waals surface area (Å²) >= 11 is 1.64. The topological polar surface area (TPSA) is 54.0 Å². The quantitative estimate of drug-likeness (QED) is 0.832. The second kappa shape index (κ2) is 6.29. The van der Waals surface area contributed by atoms with Gasteiger partial charge in [0.25, 0.3) is 0 Å². The van der Waals surface area contributed by atoms with Gasteiger partial charge in [-0.2, -0.15) is 0 Å². The van der Waals surface area contributed by atoms with Crippen LogP contribution in [0.25, 0.3) is 0 Å².